The highest BCUT2D eigenvalue weighted by atomic mass is 16.5. The highest BCUT2D eigenvalue weighted by Crippen LogP contribution is 2.23. The maximum atomic E-state index is 12.8. The van der Waals surface area contributed by atoms with Crippen LogP contribution in [0.5, 0.6) is 0 Å². The molecule has 1 aliphatic rings. The second-order valence-corrected chi connectivity index (χ2v) is 6.44. The van der Waals surface area contributed by atoms with Gasteiger partial charge in [-0.25, -0.2) is 0 Å². The van der Waals surface area contributed by atoms with Gasteiger partial charge in [-0.1, -0.05) is 24.2 Å². The van der Waals surface area contributed by atoms with Crippen molar-refractivity contribution >= 4 is 5.91 Å². The fourth-order valence-corrected chi connectivity index (χ4v) is 3.21. The first kappa shape index (κ1) is 17.6. The quantitative estimate of drug-likeness (QED) is 0.874. The van der Waals surface area contributed by atoms with E-state index in [4.69, 9.17) is 4.52 Å². The van der Waals surface area contributed by atoms with E-state index in [2.05, 4.69) is 27.6 Å². The van der Waals surface area contributed by atoms with Gasteiger partial charge < -0.3 is 14.7 Å². The largest absolute Gasteiger partial charge is 0.337 e. The number of rotatable bonds is 6. The zero-order valence-electron chi connectivity index (χ0n) is 15.0. The number of aromatic nitrogens is 2. The van der Waals surface area contributed by atoms with Crippen LogP contribution >= 0.6 is 0 Å². The molecule has 1 saturated heterocycles. The molecule has 134 valence electrons. The molecular weight excluding hydrogens is 316 g/mol. The van der Waals surface area contributed by atoms with Crippen molar-refractivity contribution in [2.45, 2.75) is 45.6 Å². The summed E-state index contributed by atoms with van der Waals surface area (Å²) in [5.74, 6) is 1.69. The van der Waals surface area contributed by atoms with Crippen LogP contribution in [0, 0.1) is 0 Å². The van der Waals surface area contributed by atoms with Gasteiger partial charge in [-0.3, -0.25) is 4.79 Å². The van der Waals surface area contributed by atoms with Gasteiger partial charge in [-0.2, -0.15) is 4.98 Å². The molecule has 0 saturated carbocycles. The summed E-state index contributed by atoms with van der Waals surface area (Å²) in [5.41, 5.74) is 2.00. The van der Waals surface area contributed by atoms with E-state index in [0.29, 0.717) is 36.3 Å². The fourth-order valence-electron chi connectivity index (χ4n) is 3.21. The van der Waals surface area contributed by atoms with Crippen LogP contribution in [0.25, 0.3) is 0 Å². The third-order valence-electron chi connectivity index (χ3n) is 4.75. The Hall–Kier alpha value is -2.21. The zero-order chi connectivity index (χ0) is 17.6. The zero-order valence-corrected chi connectivity index (χ0v) is 15.0. The lowest BCUT2D eigenvalue weighted by atomic mass is 9.91. The van der Waals surface area contributed by atoms with Crippen LogP contribution in [0.2, 0.25) is 0 Å². The van der Waals surface area contributed by atoms with Crippen LogP contribution < -0.4 is 5.32 Å². The SMILES string of the molecule is CCc1noc(CN(CC)C(=O)c2ccc([C@H]3CCCNC3)cc2)n1. The normalized spacial score (nSPS) is 17.4. The molecule has 2 aromatic rings. The van der Waals surface area contributed by atoms with E-state index in [1.807, 2.05) is 26.0 Å². The summed E-state index contributed by atoms with van der Waals surface area (Å²) in [5, 5.41) is 7.32. The number of carbonyl (C=O) groups is 1. The molecule has 25 heavy (non-hydrogen) atoms. The predicted molar refractivity (Wildman–Crippen MR) is 95.4 cm³/mol. The molecule has 2 heterocycles. The Morgan fingerprint density at radius 1 is 1.32 bits per heavy atom. The summed E-state index contributed by atoms with van der Waals surface area (Å²) in [6, 6.07) is 8.03. The average Bonchev–Trinajstić information content (AvgIpc) is 3.14. The molecule has 0 radical (unpaired) electrons. The Morgan fingerprint density at radius 2 is 2.12 bits per heavy atom. The first-order valence-corrected chi connectivity index (χ1v) is 9.12. The number of benzene rings is 1. The molecule has 1 aromatic heterocycles. The van der Waals surface area contributed by atoms with Crippen LogP contribution in [-0.2, 0) is 13.0 Å². The van der Waals surface area contributed by atoms with Crippen LogP contribution in [0.3, 0.4) is 0 Å². The monoisotopic (exact) mass is 342 g/mol. The molecule has 1 aliphatic heterocycles. The van der Waals surface area contributed by atoms with Crippen molar-refractivity contribution < 1.29 is 9.32 Å². The second-order valence-electron chi connectivity index (χ2n) is 6.44. The maximum Gasteiger partial charge on any atom is 0.254 e. The predicted octanol–water partition coefficient (Wildman–Crippen LogP) is 2.76. The number of amides is 1. The van der Waals surface area contributed by atoms with Gasteiger partial charge in [0.2, 0.25) is 5.89 Å². The Balaban J connectivity index is 1.67. The molecule has 3 rings (SSSR count). The highest BCUT2D eigenvalue weighted by Gasteiger charge is 2.19. The van der Waals surface area contributed by atoms with E-state index in [1.54, 1.807) is 4.90 Å². The lowest BCUT2D eigenvalue weighted by molar-refractivity contribution is 0.0734. The van der Waals surface area contributed by atoms with E-state index < -0.39 is 0 Å². The minimum absolute atomic E-state index is 0.00734. The Kier molecular flexibility index (Phi) is 5.81. The average molecular weight is 342 g/mol. The topological polar surface area (TPSA) is 71.3 Å². The van der Waals surface area contributed by atoms with Crippen molar-refractivity contribution in [3.05, 3.63) is 47.1 Å². The van der Waals surface area contributed by atoms with Gasteiger partial charge in [0.05, 0.1) is 0 Å². The van der Waals surface area contributed by atoms with Crippen LogP contribution in [0.1, 0.15) is 60.2 Å². The summed E-state index contributed by atoms with van der Waals surface area (Å²) in [7, 11) is 0. The molecule has 0 bridgehead atoms. The second kappa shape index (κ2) is 8.25. The van der Waals surface area contributed by atoms with E-state index in [1.165, 1.54) is 18.4 Å². The number of nitrogens with one attached hydrogen (secondary N) is 1. The molecular formula is C19H26N4O2. The number of hydrogen-bond donors (Lipinski definition) is 1. The molecule has 1 N–H and O–H groups in total. The molecule has 1 atom stereocenters. The molecule has 6 nitrogen and oxygen atoms in total. The van der Waals surface area contributed by atoms with E-state index in [0.717, 1.165) is 19.5 Å². The summed E-state index contributed by atoms with van der Waals surface area (Å²) in [6.45, 7) is 6.99. The van der Waals surface area contributed by atoms with Crippen molar-refractivity contribution in [1.82, 2.24) is 20.4 Å². The van der Waals surface area contributed by atoms with Crippen molar-refractivity contribution in [2.24, 2.45) is 0 Å². The third kappa shape index (κ3) is 4.25. The van der Waals surface area contributed by atoms with Gasteiger partial charge in [0.15, 0.2) is 5.82 Å². The minimum Gasteiger partial charge on any atom is -0.337 e. The van der Waals surface area contributed by atoms with Gasteiger partial charge in [0.25, 0.3) is 5.91 Å². The fraction of sp³-hybridized carbons (Fsp3) is 0.526. The summed E-state index contributed by atoms with van der Waals surface area (Å²) >= 11 is 0. The standard InChI is InChI=1S/C19H26N4O2/c1-3-17-21-18(25-22-17)13-23(4-2)19(24)15-9-7-14(8-10-15)16-6-5-11-20-12-16/h7-10,16,20H,3-6,11-13H2,1-2H3/t16-/m0/s1. The molecule has 0 unspecified atom stereocenters. The van der Waals surface area contributed by atoms with Gasteiger partial charge in [0, 0.05) is 25.1 Å². The molecule has 1 amide bonds. The summed E-state index contributed by atoms with van der Waals surface area (Å²) in [6.07, 6.45) is 3.14. The number of aryl methyl sites for hydroxylation is 1. The van der Waals surface area contributed by atoms with E-state index >= 15 is 0 Å². The first-order chi connectivity index (χ1) is 12.2. The van der Waals surface area contributed by atoms with E-state index in [-0.39, 0.29) is 5.91 Å². The Labute approximate surface area is 148 Å². The third-order valence-corrected chi connectivity index (χ3v) is 4.75. The minimum atomic E-state index is -0.00734. The van der Waals surface area contributed by atoms with Crippen molar-refractivity contribution in [3.63, 3.8) is 0 Å². The van der Waals surface area contributed by atoms with Gasteiger partial charge in [0.1, 0.15) is 6.54 Å². The van der Waals surface area contributed by atoms with Crippen LogP contribution in [0.15, 0.2) is 28.8 Å². The maximum absolute atomic E-state index is 12.8. The van der Waals surface area contributed by atoms with Crippen molar-refractivity contribution in [2.75, 3.05) is 19.6 Å². The summed E-state index contributed by atoms with van der Waals surface area (Å²) < 4.78 is 5.21. The number of piperidine rings is 1. The molecule has 1 fully saturated rings. The van der Waals surface area contributed by atoms with E-state index in [9.17, 15) is 4.79 Å². The van der Waals surface area contributed by atoms with Gasteiger partial charge in [-0.05, 0) is 49.9 Å². The number of nitrogens with zero attached hydrogens (tertiary/aromatic N) is 3. The molecule has 0 aliphatic carbocycles. The Bertz CT molecular complexity index is 690. The highest BCUT2D eigenvalue weighted by molar-refractivity contribution is 5.94. The van der Waals surface area contributed by atoms with Crippen molar-refractivity contribution in [1.29, 1.82) is 0 Å². The molecule has 0 spiro atoms. The smallest absolute Gasteiger partial charge is 0.254 e. The lowest BCUT2D eigenvalue weighted by Crippen LogP contribution is -2.30. The van der Waals surface area contributed by atoms with Gasteiger partial charge >= 0.3 is 0 Å². The first-order valence-electron chi connectivity index (χ1n) is 9.12. The molecule has 1 aromatic carbocycles. The Morgan fingerprint density at radius 3 is 2.72 bits per heavy atom. The van der Waals surface area contributed by atoms with Crippen LogP contribution in [0.4, 0.5) is 0 Å². The molecule has 6 heteroatoms. The van der Waals surface area contributed by atoms with Crippen molar-refractivity contribution in [3.8, 4) is 0 Å². The van der Waals surface area contributed by atoms with Crippen LogP contribution in [-0.4, -0.2) is 40.6 Å². The number of carbonyl (C=O) groups excluding carboxylic acids is 1. The number of hydrogen-bond acceptors (Lipinski definition) is 5. The van der Waals surface area contributed by atoms with Gasteiger partial charge in [-0.15, -0.1) is 0 Å². The summed E-state index contributed by atoms with van der Waals surface area (Å²) in [4.78, 5) is 18.8. The lowest BCUT2D eigenvalue weighted by Gasteiger charge is -2.23.